The van der Waals surface area contributed by atoms with Crippen molar-refractivity contribution in [3.8, 4) is 33.6 Å². The minimum absolute atomic E-state index is 0.0624. The van der Waals surface area contributed by atoms with Gasteiger partial charge in [0, 0.05) is 29.8 Å². The van der Waals surface area contributed by atoms with Crippen LogP contribution >= 0.6 is 0 Å². The van der Waals surface area contributed by atoms with E-state index in [0.717, 1.165) is 25.7 Å². The molecule has 0 saturated carbocycles. The van der Waals surface area contributed by atoms with E-state index in [1.54, 1.807) is 5.56 Å². The largest absolute Gasteiger partial charge is 0.213 e. The van der Waals surface area contributed by atoms with Gasteiger partial charge < -0.3 is 0 Å². The van der Waals surface area contributed by atoms with Gasteiger partial charge in [0.1, 0.15) is 0 Å². The number of nitrogens with zero attached hydrogens (tertiary/aromatic N) is 2. The van der Waals surface area contributed by atoms with Crippen LogP contribution in [0.3, 0.4) is 0 Å². The predicted octanol–water partition coefficient (Wildman–Crippen LogP) is 9.21. The molecule has 4 heterocycles. The summed E-state index contributed by atoms with van der Waals surface area (Å²) in [6, 6.07) is 39.5. The molecule has 7 rings (SSSR count). The molecule has 2 unspecified atom stereocenters. The van der Waals surface area contributed by atoms with Crippen molar-refractivity contribution in [2.75, 3.05) is 0 Å². The van der Waals surface area contributed by atoms with Crippen molar-refractivity contribution in [1.29, 1.82) is 0 Å². The average Bonchev–Trinajstić information content (AvgIpc) is 3.37. The molecule has 0 spiro atoms. The maximum absolute atomic E-state index is 2.64. The Morgan fingerprint density at radius 2 is 1.36 bits per heavy atom. The van der Waals surface area contributed by atoms with Crippen LogP contribution in [0.5, 0.6) is 0 Å². The van der Waals surface area contributed by atoms with E-state index >= 15 is 0 Å². The maximum Gasteiger partial charge on any atom is 0.213 e. The molecular formula is C40H42N2+2. The van der Waals surface area contributed by atoms with Crippen molar-refractivity contribution in [1.82, 2.24) is 0 Å². The van der Waals surface area contributed by atoms with Crippen LogP contribution in [0.15, 0.2) is 116 Å². The average molecular weight is 551 g/mol. The molecule has 210 valence electrons. The fraction of sp³-hybridized carbons (Fsp3) is 0.300. The third kappa shape index (κ3) is 4.23. The lowest BCUT2D eigenvalue weighted by atomic mass is 9.64. The van der Waals surface area contributed by atoms with Gasteiger partial charge in [-0.2, -0.15) is 9.13 Å². The Hall–Kier alpha value is -4.04. The summed E-state index contributed by atoms with van der Waals surface area (Å²) in [5.41, 5.74) is 12.6. The lowest BCUT2D eigenvalue weighted by Gasteiger charge is -2.41. The number of aryl methyl sites for hydroxylation is 1. The second-order valence-electron chi connectivity index (χ2n) is 12.3. The summed E-state index contributed by atoms with van der Waals surface area (Å²) in [5.74, 6) is 0. The van der Waals surface area contributed by atoms with Crippen LogP contribution in [0.1, 0.15) is 81.6 Å². The Morgan fingerprint density at radius 3 is 2.10 bits per heavy atom. The standard InChI is InChI=1S/C40H42N2/c1-4-7-15-29-20-23-35-34(26-29)37-19-12-14-25-42(37)39(40(35,5-2)6-3)28-38-33-27-31(30-16-9-8-10-17-30)21-22-32(33)36-18-11-13-24-41(36)38/h8-14,16-27,38-39H,4-7,15,28H2,1-3H3/q+2. The van der Waals surface area contributed by atoms with E-state index in [1.807, 2.05) is 0 Å². The summed E-state index contributed by atoms with van der Waals surface area (Å²) in [6.45, 7) is 7.11. The first-order chi connectivity index (χ1) is 20.7. The highest BCUT2D eigenvalue weighted by Crippen LogP contribution is 2.51. The van der Waals surface area contributed by atoms with Crippen molar-refractivity contribution in [2.45, 2.75) is 76.8 Å². The lowest BCUT2D eigenvalue weighted by Crippen LogP contribution is -2.57. The van der Waals surface area contributed by atoms with Crippen LogP contribution < -0.4 is 9.13 Å². The summed E-state index contributed by atoms with van der Waals surface area (Å²) < 4.78 is 5.18. The minimum Gasteiger partial charge on any atom is -0.194 e. The summed E-state index contributed by atoms with van der Waals surface area (Å²) in [6.07, 6.45) is 11.6. The van der Waals surface area contributed by atoms with Gasteiger partial charge in [-0.15, -0.1) is 0 Å². The molecule has 2 aliphatic heterocycles. The quantitative estimate of drug-likeness (QED) is 0.170. The fourth-order valence-corrected chi connectivity index (χ4v) is 8.06. The lowest BCUT2D eigenvalue weighted by molar-refractivity contribution is -0.748. The molecular weight excluding hydrogens is 508 g/mol. The normalized spacial score (nSPS) is 17.7. The molecule has 0 bridgehead atoms. The van der Waals surface area contributed by atoms with Crippen molar-refractivity contribution in [3.05, 3.63) is 132 Å². The number of unbranched alkanes of at least 4 members (excludes halogenated alkanes) is 1. The number of rotatable bonds is 8. The number of aromatic nitrogens is 2. The van der Waals surface area contributed by atoms with Gasteiger partial charge in [0.15, 0.2) is 24.5 Å². The van der Waals surface area contributed by atoms with Gasteiger partial charge >= 0.3 is 0 Å². The highest BCUT2D eigenvalue weighted by atomic mass is 15.1. The molecule has 0 aliphatic carbocycles. The summed E-state index contributed by atoms with van der Waals surface area (Å²) in [7, 11) is 0. The van der Waals surface area contributed by atoms with Gasteiger partial charge in [-0.25, -0.2) is 0 Å². The van der Waals surface area contributed by atoms with E-state index in [-0.39, 0.29) is 11.5 Å². The first-order valence-electron chi connectivity index (χ1n) is 16.0. The number of benzene rings is 3. The third-order valence-electron chi connectivity index (χ3n) is 10.3. The Labute approximate surface area is 251 Å². The van der Waals surface area contributed by atoms with Gasteiger partial charge in [-0.1, -0.05) is 75.7 Å². The van der Waals surface area contributed by atoms with Gasteiger partial charge in [0.25, 0.3) is 0 Å². The second kappa shape index (κ2) is 11.0. The highest BCUT2D eigenvalue weighted by Gasteiger charge is 2.53. The van der Waals surface area contributed by atoms with Gasteiger partial charge in [0.2, 0.25) is 11.4 Å². The van der Waals surface area contributed by atoms with Crippen molar-refractivity contribution in [2.24, 2.45) is 0 Å². The summed E-state index contributed by atoms with van der Waals surface area (Å²) in [5, 5.41) is 0. The van der Waals surface area contributed by atoms with Gasteiger partial charge in [-0.05, 0) is 78.3 Å². The van der Waals surface area contributed by atoms with Crippen LogP contribution in [0.2, 0.25) is 0 Å². The van der Waals surface area contributed by atoms with E-state index in [1.165, 1.54) is 57.6 Å². The number of fused-ring (bicyclic) bond motifs is 6. The molecule has 0 amide bonds. The Kier molecular flexibility index (Phi) is 7.02. The molecule has 2 aliphatic rings. The minimum atomic E-state index is 0.0624. The molecule has 2 nitrogen and oxygen atoms in total. The molecule has 2 aromatic heterocycles. The summed E-state index contributed by atoms with van der Waals surface area (Å²) >= 11 is 0. The zero-order valence-electron chi connectivity index (χ0n) is 25.3. The molecule has 0 radical (unpaired) electrons. The van der Waals surface area contributed by atoms with Crippen LogP contribution in [-0.4, -0.2) is 0 Å². The zero-order chi connectivity index (χ0) is 28.7. The van der Waals surface area contributed by atoms with Crippen molar-refractivity contribution < 1.29 is 9.13 Å². The zero-order valence-corrected chi connectivity index (χ0v) is 25.3. The highest BCUT2D eigenvalue weighted by molar-refractivity contribution is 5.73. The third-order valence-corrected chi connectivity index (χ3v) is 10.3. The number of pyridine rings is 2. The molecule has 42 heavy (non-hydrogen) atoms. The second-order valence-corrected chi connectivity index (χ2v) is 12.3. The van der Waals surface area contributed by atoms with E-state index in [0.29, 0.717) is 6.04 Å². The topological polar surface area (TPSA) is 7.76 Å². The Balaban J connectivity index is 1.38. The SMILES string of the molecule is CCCCc1ccc2c(c1)-c1cccc[n+]1C(CC1c3cc(-c4ccccc4)ccc3-c3cccc[n+]31)C2(CC)CC. The fourth-order valence-electron chi connectivity index (χ4n) is 8.06. The Bertz CT molecular complexity index is 1730. The van der Waals surface area contributed by atoms with E-state index in [2.05, 4.69) is 145 Å². The van der Waals surface area contributed by atoms with E-state index in [9.17, 15) is 0 Å². The van der Waals surface area contributed by atoms with Gasteiger partial charge in [-0.3, -0.25) is 0 Å². The molecule has 2 atom stereocenters. The smallest absolute Gasteiger partial charge is 0.194 e. The predicted molar refractivity (Wildman–Crippen MR) is 172 cm³/mol. The summed E-state index contributed by atoms with van der Waals surface area (Å²) in [4.78, 5) is 0. The maximum atomic E-state index is 2.64. The first-order valence-corrected chi connectivity index (χ1v) is 16.0. The molecule has 0 saturated heterocycles. The molecule has 2 heteroatoms. The van der Waals surface area contributed by atoms with E-state index < -0.39 is 0 Å². The van der Waals surface area contributed by atoms with Crippen LogP contribution in [0, 0.1) is 0 Å². The number of hydrogen-bond donors (Lipinski definition) is 0. The van der Waals surface area contributed by atoms with Crippen LogP contribution in [0.25, 0.3) is 33.6 Å². The van der Waals surface area contributed by atoms with E-state index in [4.69, 9.17) is 0 Å². The number of hydrogen-bond acceptors (Lipinski definition) is 0. The Morgan fingerprint density at radius 1 is 0.643 bits per heavy atom. The monoisotopic (exact) mass is 550 g/mol. The van der Waals surface area contributed by atoms with Crippen molar-refractivity contribution in [3.63, 3.8) is 0 Å². The first kappa shape index (κ1) is 26.8. The molecule has 0 fully saturated rings. The molecule has 0 N–H and O–H groups in total. The van der Waals surface area contributed by atoms with Crippen LogP contribution in [-0.2, 0) is 11.8 Å². The van der Waals surface area contributed by atoms with Crippen LogP contribution in [0.4, 0.5) is 0 Å². The van der Waals surface area contributed by atoms with Crippen molar-refractivity contribution >= 4 is 0 Å². The molecule has 5 aromatic rings. The van der Waals surface area contributed by atoms with Gasteiger partial charge in [0.05, 0.1) is 23.0 Å². The molecule has 3 aromatic carbocycles.